The van der Waals surface area contributed by atoms with Gasteiger partial charge in [-0.2, -0.15) is 0 Å². The minimum atomic E-state index is -0.127. The number of anilines is 1. The fraction of sp³-hybridized carbons (Fsp3) is 0.263. The summed E-state index contributed by atoms with van der Waals surface area (Å²) in [5, 5.41) is 2.91. The zero-order valence-corrected chi connectivity index (χ0v) is 13.0. The lowest BCUT2D eigenvalue weighted by atomic mass is 10.0. The Morgan fingerprint density at radius 3 is 2.23 bits per heavy atom. The molecule has 2 rings (SSSR count). The summed E-state index contributed by atoms with van der Waals surface area (Å²) in [6.07, 6.45) is 0.417. The highest BCUT2D eigenvalue weighted by Gasteiger charge is 2.11. The van der Waals surface area contributed by atoms with Crippen LogP contribution in [-0.4, -0.2) is 11.7 Å². The summed E-state index contributed by atoms with van der Waals surface area (Å²) in [4.78, 5) is 24.1. The second-order valence-electron chi connectivity index (χ2n) is 5.58. The first-order valence-electron chi connectivity index (χ1n) is 7.55. The van der Waals surface area contributed by atoms with Crippen molar-refractivity contribution in [3.63, 3.8) is 0 Å². The van der Waals surface area contributed by atoms with E-state index >= 15 is 0 Å². The van der Waals surface area contributed by atoms with E-state index in [2.05, 4.69) is 19.2 Å². The van der Waals surface area contributed by atoms with Crippen LogP contribution < -0.4 is 5.32 Å². The minimum absolute atomic E-state index is 0.00658. The van der Waals surface area contributed by atoms with Crippen LogP contribution in [0.1, 0.15) is 48.5 Å². The van der Waals surface area contributed by atoms with Crippen LogP contribution in [0.2, 0.25) is 0 Å². The number of amides is 1. The Kier molecular flexibility index (Phi) is 5.48. The average molecular weight is 295 g/mol. The number of Topliss-reactive ketones (excluding diaryl/α,β-unsaturated/α-hetero) is 1. The van der Waals surface area contributed by atoms with E-state index in [0.29, 0.717) is 11.5 Å². The van der Waals surface area contributed by atoms with Crippen molar-refractivity contribution in [3.05, 3.63) is 65.7 Å². The van der Waals surface area contributed by atoms with Gasteiger partial charge >= 0.3 is 0 Å². The summed E-state index contributed by atoms with van der Waals surface area (Å²) in [5.74, 6) is 0.202. The number of para-hydroxylation sites is 1. The molecule has 0 aliphatic carbocycles. The number of hydrogen-bond donors (Lipinski definition) is 1. The lowest BCUT2D eigenvalue weighted by molar-refractivity contribution is -0.116. The Morgan fingerprint density at radius 2 is 1.55 bits per heavy atom. The largest absolute Gasteiger partial charge is 0.326 e. The van der Waals surface area contributed by atoms with Crippen LogP contribution in [0, 0.1) is 0 Å². The zero-order valence-electron chi connectivity index (χ0n) is 13.0. The molecule has 0 saturated heterocycles. The first kappa shape index (κ1) is 16.0. The van der Waals surface area contributed by atoms with E-state index in [1.165, 1.54) is 0 Å². The third-order valence-electron chi connectivity index (χ3n) is 3.53. The summed E-state index contributed by atoms with van der Waals surface area (Å²) in [5.41, 5.74) is 2.58. The molecule has 0 bridgehead atoms. The van der Waals surface area contributed by atoms with Crippen molar-refractivity contribution in [2.75, 3.05) is 5.32 Å². The lowest BCUT2D eigenvalue weighted by Gasteiger charge is -2.13. The molecule has 3 nitrogen and oxygen atoms in total. The molecule has 22 heavy (non-hydrogen) atoms. The third-order valence-corrected chi connectivity index (χ3v) is 3.53. The molecule has 3 heteroatoms. The van der Waals surface area contributed by atoms with Gasteiger partial charge in [0.2, 0.25) is 5.91 Å². The third kappa shape index (κ3) is 4.29. The normalized spacial score (nSPS) is 10.5. The topological polar surface area (TPSA) is 46.2 Å². The van der Waals surface area contributed by atoms with Crippen molar-refractivity contribution < 1.29 is 9.59 Å². The molecule has 1 N–H and O–H groups in total. The molecule has 0 fully saturated rings. The van der Waals surface area contributed by atoms with Gasteiger partial charge in [-0.25, -0.2) is 0 Å². The van der Waals surface area contributed by atoms with Crippen LogP contribution in [0.4, 0.5) is 5.69 Å². The Hall–Kier alpha value is -2.42. The Balaban J connectivity index is 1.93. The smallest absolute Gasteiger partial charge is 0.224 e. The first-order chi connectivity index (χ1) is 10.6. The molecule has 0 aliphatic rings. The van der Waals surface area contributed by atoms with Crippen molar-refractivity contribution in [1.82, 2.24) is 0 Å². The molecule has 0 unspecified atom stereocenters. The molecular formula is C19H21NO2. The van der Waals surface area contributed by atoms with Gasteiger partial charge in [0.1, 0.15) is 0 Å². The van der Waals surface area contributed by atoms with Crippen molar-refractivity contribution in [3.8, 4) is 0 Å². The molecule has 0 heterocycles. The van der Waals surface area contributed by atoms with Gasteiger partial charge in [-0.15, -0.1) is 0 Å². The Morgan fingerprint density at radius 1 is 0.909 bits per heavy atom. The van der Waals surface area contributed by atoms with Crippen LogP contribution in [0.5, 0.6) is 0 Å². The van der Waals surface area contributed by atoms with Gasteiger partial charge in [-0.3, -0.25) is 9.59 Å². The molecule has 2 aromatic rings. The van der Waals surface area contributed by atoms with Crippen LogP contribution >= 0.6 is 0 Å². The SMILES string of the molecule is CC(C)c1ccccc1NC(=O)CCC(=O)c1ccccc1. The van der Waals surface area contributed by atoms with E-state index < -0.39 is 0 Å². The number of carbonyl (C=O) groups is 2. The van der Waals surface area contributed by atoms with Crippen LogP contribution in [0.15, 0.2) is 54.6 Å². The fourth-order valence-electron chi connectivity index (χ4n) is 2.32. The summed E-state index contributed by atoms with van der Waals surface area (Å²) in [7, 11) is 0. The summed E-state index contributed by atoms with van der Waals surface area (Å²) in [6, 6.07) is 16.8. The molecule has 0 spiro atoms. The standard InChI is InChI=1S/C19H21NO2/c1-14(2)16-10-6-7-11-17(16)20-19(22)13-12-18(21)15-8-4-3-5-9-15/h3-11,14H,12-13H2,1-2H3,(H,20,22). The van der Waals surface area contributed by atoms with Gasteiger partial charge < -0.3 is 5.32 Å². The predicted molar refractivity (Wildman–Crippen MR) is 89.2 cm³/mol. The number of hydrogen-bond acceptors (Lipinski definition) is 2. The number of benzene rings is 2. The van der Waals surface area contributed by atoms with E-state index in [-0.39, 0.29) is 24.5 Å². The monoisotopic (exact) mass is 295 g/mol. The van der Waals surface area contributed by atoms with Gasteiger partial charge in [0.15, 0.2) is 5.78 Å². The molecular weight excluding hydrogens is 274 g/mol. The van der Waals surface area contributed by atoms with E-state index in [9.17, 15) is 9.59 Å². The second kappa shape index (κ2) is 7.55. The van der Waals surface area contributed by atoms with E-state index in [4.69, 9.17) is 0 Å². The van der Waals surface area contributed by atoms with E-state index in [1.807, 2.05) is 42.5 Å². The molecule has 0 aliphatic heterocycles. The molecule has 0 radical (unpaired) electrons. The number of carbonyl (C=O) groups excluding carboxylic acids is 2. The molecule has 0 aromatic heterocycles. The maximum absolute atomic E-state index is 12.1. The molecule has 0 atom stereocenters. The number of ketones is 1. The highest BCUT2D eigenvalue weighted by atomic mass is 16.2. The Labute approximate surface area is 131 Å². The Bertz CT molecular complexity index is 647. The lowest BCUT2D eigenvalue weighted by Crippen LogP contribution is -2.15. The van der Waals surface area contributed by atoms with Crippen molar-refractivity contribution >= 4 is 17.4 Å². The highest BCUT2D eigenvalue weighted by Crippen LogP contribution is 2.23. The van der Waals surface area contributed by atoms with E-state index in [0.717, 1.165) is 11.3 Å². The van der Waals surface area contributed by atoms with Gasteiger partial charge in [0, 0.05) is 24.1 Å². The number of nitrogens with one attached hydrogen (secondary N) is 1. The minimum Gasteiger partial charge on any atom is -0.326 e. The highest BCUT2D eigenvalue weighted by molar-refractivity contribution is 6.00. The van der Waals surface area contributed by atoms with Gasteiger partial charge in [-0.05, 0) is 17.5 Å². The average Bonchev–Trinajstić information content (AvgIpc) is 2.53. The predicted octanol–water partition coefficient (Wildman–Crippen LogP) is 4.41. The van der Waals surface area contributed by atoms with Gasteiger partial charge in [0.25, 0.3) is 0 Å². The molecule has 0 saturated carbocycles. The fourth-order valence-corrected chi connectivity index (χ4v) is 2.32. The van der Waals surface area contributed by atoms with Crippen LogP contribution in [-0.2, 0) is 4.79 Å². The maximum atomic E-state index is 12.1. The van der Waals surface area contributed by atoms with Gasteiger partial charge in [0.05, 0.1) is 0 Å². The van der Waals surface area contributed by atoms with Crippen molar-refractivity contribution in [2.24, 2.45) is 0 Å². The van der Waals surface area contributed by atoms with Crippen molar-refractivity contribution in [1.29, 1.82) is 0 Å². The molecule has 114 valence electrons. The first-order valence-corrected chi connectivity index (χ1v) is 7.55. The van der Waals surface area contributed by atoms with Crippen molar-refractivity contribution in [2.45, 2.75) is 32.6 Å². The van der Waals surface area contributed by atoms with Crippen LogP contribution in [0.25, 0.3) is 0 Å². The second-order valence-corrected chi connectivity index (χ2v) is 5.58. The zero-order chi connectivity index (χ0) is 15.9. The quantitative estimate of drug-likeness (QED) is 0.802. The summed E-state index contributed by atoms with van der Waals surface area (Å²) in [6.45, 7) is 4.17. The maximum Gasteiger partial charge on any atom is 0.224 e. The van der Waals surface area contributed by atoms with Gasteiger partial charge in [-0.1, -0.05) is 62.4 Å². The summed E-state index contributed by atoms with van der Waals surface area (Å²) < 4.78 is 0. The summed E-state index contributed by atoms with van der Waals surface area (Å²) >= 11 is 0. The van der Waals surface area contributed by atoms with Crippen LogP contribution in [0.3, 0.4) is 0 Å². The van der Waals surface area contributed by atoms with E-state index in [1.54, 1.807) is 12.1 Å². The molecule has 1 amide bonds. The molecule has 2 aromatic carbocycles. The number of rotatable bonds is 6.